The number of aromatic nitrogens is 2. The van der Waals surface area contributed by atoms with Gasteiger partial charge in [-0.05, 0) is 81.8 Å². The lowest BCUT2D eigenvalue weighted by atomic mass is 10.2. The van der Waals surface area contributed by atoms with Crippen LogP contribution in [0.5, 0.6) is 5.75 Å². The van der Waals surface area contributed by atoms with Crippen LogP contribution in [0.15, 0.2) is 59.5 Å². The van der Waals surface area contributed by atoms with Crippen LogP contribution in [0.25, 0.3) is 0 Å². The van der Waals surface area contributed by atoms with Gasteiger partial charge in [-0.15, -0.1) is 0 Å². The van der Waals surface area contributed by atoms with E-state index in [1.807, 2.05) is 13.8 Å². The average molecular weight is 455 g/mol. The van der Waals surface area contributed by atoms with E-state index in [0.29, 0.717) is 28.4 Å². The van der Waals surface area contributed by atoms with Gasteiger partial charge in [-0.3, -0.25) is 4.79 Å². The Balaban J connectivity index is 1.66. The minimum absolute atomic E-state index is 0.0145. The summed E-state index contributed by atoms with van der Waals surface area (Å²) in [4.78, 5) is 20.7. The zero-order valence-corrected chi connectivity index (χ0v) is 19.2. The van der Waals surface area contributed by atoms with Gasteiger partial charge >= 0.3 is 0 Å². The Morgan fingerprint density at radius 3 is 2.16 bits per heavy atom. The maximum atomic E-state index is 12.6. The van der Waals surface area contributed by atoms with Crippen LogP contribution in [0.3, 0.4) is 0 Å². The van der Waals surface area contributed by atoms with Crippen molar-refractivity contribution in [3.8, 4) is 5.75 Å². The highest BCUT2D eigenvalue weighted by molar-refractivity contribution is 7.92. The highest BCUT2D eigenvalue weighted by Crippen LogP contribution is 2.19. The van der Waals surface area contributed by atoms with Crippen LogP contribution in [0.4, 0.5) is 11.6 Å². The number of benzene rings is 2. The molecule has 0 bridgehead atoms. The van der Waals surface area contributed by atoms with E-state index in [4.69, 9.17) is 4.74 Å². The largest absolute Gasteiger partial charge is 0.491 e. The molecule has 0 saturated heterocycles. The third-order valence-electron chi connectivity index (χ3n) is 4.66. The first-order chi connectivity index (χ1) is 15.2. The zero-order chi connectivity index (χ0) is 23.3. The maximum absolute atomic E-state index is 12.6. The van der Waals surface area contributed by atoms with Crippen molar-refractivity contribution >= 4 is 27.6 Å². The summed E-state index contributed by atoms with van der Waals surface area (Å²) in [6, 6.07) is 14.5. The van der Waals surface area contributed by atoms with Gasteiger partial charge in [-0.2, -0.15) is 0 Å². The van der Waals surface area contributed by atoms with Gasteiger partial charge in [0.1, 0.15) is 5.75 Å². The van der Waals surface area contributed by atoms with E-state index in [2.05, 4.69) is 20.0 Å². The molecule has 1 atom stereocenters. The number of carbonyl (C=O) groups is 1. The Labute approximate surface area is 188 Å². The van der Waals surface area contributed by atoms with E-state index in [9.17, 15) is 13.2 Å². The predicted molar refractivity (Wildman–Crippen MR) is 124 cm³/mol. The molecule has 9 heteroatoms. The predicted octanol–water partition coefficient (Wildman–Crippen LogP) is 4.32. The summed E-state index contributed by atoms with van der Waals surface area (Å²) in [5.74, 6) is 0.406. The number of anilines is 2. The van der Waals surface area contributed by atoms with Crippen molar-refractivity contribution in [3.63, 3.8) is 0 Å². The van der Waals surface area contributed by atoms with Crippen LogP contribution >= 0.6 is 0 Å². The summed E-state index contributed by atoms with van der Waals surface area (Å²) < 4.78 is 33.3. The number of nitrogens with zero attached hydrogens (tertiary/aromatic N) is 2. The van der Waals surface area contributed by atoms with Crippen molar-refractivity contribution < 1.29 is 17.9 Å². The number of hydrogen-bond acceptors (Lipinski definition) is 6. The van der Waals surface area contributed by atoms with Gasteiger partial charge in [0.2, 0.25) is 5.95 Å². The van der Waals surface area contributed by atoms with Gasteiger partial charge in [-0.25, -0.2) is 23.1 Å². The van der Waals surface area contributed by atoms with E-state index in [1.165, 1.54) is 24.3 Å². The Morgan fingerprint density at radius 2 is 1.59 bits per heavy atom. The number of rotatable bonds is 8. The lowest BCUT2D eigenvalue weighted by molar-refractivity contribution is 0.102. The van der Waals surface area contributed by atoms with E-state index in [0.717, 1.165) is 6.42 Å². The maximum Gasteiger partial charge on any atom is 0.264 e. The molecule has 0 spiro atoms. The first kappa shape index (κ1) is 23.2. The molecule has 3 rings (SSSR count). The molecule has 3 aromatic rings. The van der Waals surface area contributed by atoms with Gasteiger partial charge in [0.05, 0.1) is 11.0 Å². The van der Waals surface area contributed by atoms with Gasteiger partial charge in [0.15, 0.2) is 0 Å². The molecule has 0 aliphatic carbocycles. The number of ether oxygens (including phenoxy) is 1. The molecule has 0 radical (unpaired) electrons. The van der Waals surface area contributed by atoms with Crippen molar-refractivity contribution in [1.29, 1.82) is 0 Å². The second-order valence-electron chi connectivity index (χ2n) is 7.42. The van der Waals surface area contributed by atoms with E-state index in [1.54, 1.807) is 44.2 Å². The smallest absolute Gasteiger partial charge is 0.264 e. The molecule has 32 heavy (non-hydrogen) atoms. The fourth-order valence-electron chi connectivity index (χ4n) is 2.87. The molecule has 2 aromatic carbocycles. The van der Waals surface area contributed by atoms with E-state index < -0.39 is 10.0 Å². The molecule has 8 nitrogen and oxygen atoms in total. The number of carbonyl (C=O) groups excluding carboxylic acids is 1. The lowest BCUT2D eigenvalue weighted by Gasteiger charge is -2.13. The van der Waals surface area contributed by atoms with E-state index >= 15 is 0 Å². The number of amides is 1. The quantitative estimate of drug-likeness (QED) is 0.524. The van der Waals surface area contributed by atoms with Crippen LogP contribution in [0, 0.1) is 13.8 Å². The minimum Gasteiger partial charge on any atom is -0.491 e. The van der Waals surface area contributed by atoms with Gasteiger partial charge in [-0.1, -0.05) is 6.92 Å². The first-order valence-corrected chi connectivity index (χ1v) is 11.7. The van der Waals surface area contributed by atoms with Crippen LogP contribution in [0.2, 0.25) is 0 Å². The molecule has 0 saturated carbocycles. The highest BCUT2D eigenvalue weighted by atomic mass is 32.2. The monoisotopic (exact) mass is 454 g/mol. The molecule has 2 N–H and O–H groups in total. The average Bonchev–Trinajstić information content (AvgIpc) is 2.73. The molecule has 1 heterocycles. The molecule has 1 unspecified atom stereocenters. The summed E-state index contributed by atoms with van der Waals surface area (Å²) in [6.07, 6.45) is 0.988. The summed E-state index contributed by atoms with van der Waals surface area (Å²) >= 11 is 0. The summed E-state index contributed by atoms with van der Waals surface area (Å²) in [7, 11) is -3.86. The first-order valence-electron chi connectivity index (χ1n) is 10.2. The van der Waals surface area contributed by atoms with Crippen LogP contribution in [0.1, 0.15) is 42.0 Å². The summed E-state index contributed by atoms with van der Waals surface area (Å²) in [5, 5.41) is 2.75. The number of sulfonamides is 1. The van der Waals surface area contributed by atoms with Gasteiger partial charge in [0.25, 0.3) is 15.9 Å². The molecular formula is C23H26N4O4S. The third-order valence-corrected chi connectivity index (χ3v) is 6.00. The lowest BCUT2D eigenvalue weighted by Crippen LogP contribution is -2.16. The Kier molecular flexibility index (Phi) is 7.09. The molecule has 0 aliphatic rings. The molecular weight excluding hydrogens is 428 g/mol. The molecule has 168 valence electrons. The van der Waals surface area contributed by atoms with Crippen molar-refractivity contribution in [2.45, 2.75) is 45.1 Å². The highest BCUT2D eigenvalue weighted by Gasteiger charge is 2.16. The summed E-state index contributed by atoms with van der Waals surface area (Å²) in [6.45, 7) is 7.54. The Hall–Kier alpha value is -3.46. The molecule has 1 aromatic heterocycles. The van der Waals surface area contributed by atoms with Gasteiger partial charge < -0.3 is 10.1 Å². The van der Waals surface area contributed by atoms with Crippen LogP contribution < -0.4 is 14.8 Å². The van der Waals surface area contributed by atoms with Crippen molar-refractivity contribution in [1.82, 2.24) is 9.97 Å². The molecule has 0 fully saturated rings. The third kappa shape index (κ3) is 6.04. The molecule has 1 amide bonds. The van der Waals surface area contributed by atoms with Gasteiger partial charge in [0, 0.05) is 22.6 Å². The summed E-state index contributed by atoms with van der Waals surface area (Å²) in [5.41, 5.74) is 2.25. The topological polar surface area (TPSA) is 110 Å². The van der Waals surface area contributed by atoms with Crippen molar-refractivity contribution in [2.24, 2.45) is 0 Å². The Morgan fingerprint density at radius 1 is 1.00 bits per heavy atom. The normalized spacial score (nSPS) is 12.1. The van der Waals surface area contributed by atoms with Crippen LogP contribution in [-0.4, -0.2) is 30.4 Å². The minimum atomic E-state index is -3.86. The number of nitrogens with one attached hydrogen (secondary N) is 2. The molecule has 0 aliphatic heterocycles. The van der Waals surface area contributed by atoms with Crippen molar-refractivity contribution in [2.75, 3.05) is 10.0 Å². The standard InChI is InChI=1S/C23H26N4O4S/c1-5-17(4)31-20-10-6-18(7-11-20)22(28)26-19-8-12-21(13-9-19)32(29,30)27-23-24-15(2)14-16(3)25-23/h6-14,17H,5H2,1-4H3,(H,26,28)(H,24,25,27). The number of aryl methyl sites for hydroxylation is 2. The SMILES string of the molecule is CCC(C)Oc1ccc(C(=O)Nc2ccc(S(=O)(=O)Nc3nc(C)cc(C)n3)cc2)cc1. The Bertz CT molecular complexity index is 1170. The van der Waals surface area contributed by atoms with Crippen LogP contribution in [-0.2, 0) is 10.0 Å². The fraction of sp³-hybridized carbons (Fsp3) is 0.261. The second-order valence-corrected chi connectivity index (χ2v) is 9.10. The second kappa shape index (κ2) is 9.78. The van der Waals surface area contributed by atoms with Crippen molar-refractivity contribution in [3.05, 3.63) is 71.5 Å². The number of hydrogen-bond donors (Lipinski definition) is 2. The van der Waals surface area contributed by atoms with E-state index in [-0.39, 0.29) is 22.9 Å². The zero-order valence-electron chi connectivity index (χ0n) is 18.4. The fourth-order valence-corrected chi connectivity index (χ4v) is 3.82.